The molecule has 3 atom stereocenters. The number of nitrogens with one attached hydrogen (secondary N) is 1. The topological polar surface area (TPSA) is 87.0 Å². The number of fused-ring (bicyclic) bond motifs is 3. The van der Waals surface area contributed by atoms with E-state index in [4.69, 9.17) is 6.57 Å². The molecule has 5 rings (SSSR count). The predicted octanol–water partition coefficient (Wildman–Crippen LogP) is 4.09. The fraction of sp³-hybridized carbons (Fsp3) is 0.345. The van der Waals surface area contributed by atoms with Crippen LogP contribution in [0.5, 0.6) is 0 Å². The lowest BCUT2D eigenvalue weighted by atomic mass is 9.80. The zero-order valence-corrected chi connectivity index (χ0v) is 21.1. The molecule has 188 valence electrons. The van der Waals surface area contributed by atoms with Crippen LogP contribution in [0.25, 0.3) is 15.7 Å². The van der Waals surface area contributed by atoms with E-state index in [1.165, 1.54) is 9.80 Å². The van der Waals surface area contributed by atoms with Crippen LogP contribution in [-0.2, 0) is 15.0 Å². The highest BCUT2D eigenvalue weighted by Crippen LogP contribution is 2.47. The third-order valence-corrected chi connectivity index (χ3v) is 7.51. The van der Waals surface area contributed by atoms with Gasteiger partial charge in [-0.15, -0.1) is 0 Å². The first-order chi connectivity index (χ1) is 17.7. The standard InChI is InChI=1S/C29H29N5O3/c1-18(2)14-24(33(4)26(35)20-12-11-19-8-7-13-31-23(19)15-20)27(36)34-17-29(16-25(34)30-3)21-9-5-6-10-22(21)32-28(29)37/h5-13,15,18,24-25H,14,16-17H2,1-2,4H3,(H,32,37)/t24-,25-,29-/m0/s1. The SMILES string of the molecule is [C-]#[N+][C@@H]1C[C@@]2(CN1C(=O)[C@H](CC(C)C)N(C)C(=O)c1ccc3cccnc3c1)C(=O)Nc1ccccc12. The highest BCUT2D eigenvalue weighted by Gasteiger charge is 2.59. The smallest absolute Gasteiger partial charge is 0.302 e. The molecule has 8 heteroatoms. The lowest BCUT2D eigenvalue weighted by Crippen LogP contribution is -2.51. The van der Waals surface area contributed by atoms with Gasteiger partial charge in [0.15, 0.2) is 0 Å². The van der Waals surface area contributed by atoms with E-state index in [0.717, 1.165) is 16.6 Å². The number of rotatable bonds is 5. The average Bonchev–Trinajstić information content (AvgIpc) is 3.43. The van der Waals surface area contributed by atoms with Gasteiger partial charge in [0.25, 0.3) is 11.8 Å². The van der Waals surface area contributed by atoms with Gasteiger partial charge in [0.05, 0.1) is 11.9 Å². The number of carbonyl (C=O) groups excluding carboxylic acids is 3. The third kappa shape index (κ3) is 4.10. The van der Waals surface area contributed by atoms with Gasteiger partial charge in [-0.25, -0.2) is 6.57 Å². The van der Waals surface area contributed by atoms with Crippen LogP contribution in [0, 0.1) is 12.5 Å². The fourth-order valence-electron chi connectivity index (χ4n) is 5.56. The van der Waals surface area contributed by atoms with Crippen LogP contribution in [0.1, 0.15) is 42.6 Å². The molecule has 0 radical (unpaired) electrons. The van der Waals surface area contributed by atoms with E-state index in [1.54, 1.807) is 25.4 Å². The Bertz CT molecular complexity index is 1440. The van der Waals surface area contributed by atoms with Gasteiger partial charge in [-0.05, 0) is 42.2 Å². The lowest BCUT2D eigenvalue weighted by molar-refractivity contribution is -0.136. The third-order valence-electron chi connectivity index (χ3n) is 7.51. The van der Waals surface area contributed by atoms with Crippen LogP contribution in [0.4, 0.5) is 5.69 Å². The summed E-state index contributed by atoms with van der Waals surface area (Å²) < 4.78 is 0. The molecule has 0 aliphatic carbocycles. The molecule has 3 amide bonds. The molecule has 1 spiro atoms. The summed E-state index contributed by atoms with van der Waals surface area (Å²) in [4.78, 5) is 51.8. The quantitative estimate of drug-likeness (QED) is 0.540. The van der Waals surface area contributed by atoms with E-state index in [1.807, 2.05) is 56.3 Å². The number of hydrogen-bond donors (Lipinski definition) is 1. The van der Waals surface area contributed by atoms with Crippen molar-refractivity contribution in [2.24, 2.45) is 5.92 Å². The van der Waals surface area contributed by atoms with Crippen molar-refractivity contribution in [1.29, 1.82) is 0 Å². The van der Waals surface area contributed by atoms with Gasteiger partial charge in [-0.2, -0.15) is 0 Å². The maximum atomic E-state index is 14.0. The number of hydrogen-bond acceptors (Lipinski definition) is 4. The Hall–Kier alpha value is -4.25. The van der Waals surface area contributed by atoms with Crippen molar-refractivity contribution in [1.82, 2.24) is 14.8 Å². The fourth-order valence-corrected chi connectivity index (χ4v) is 5.56. The van der Waals surface area contributed by atoms with Crippen LogP contribution >= 0.6 is 0 Å². The number of amides is 3. The van der Waals surface area contributed by atoms with E-state index in [9.17, 15) is 14.4 Å². The van der Waals surface area contributed by atoms with Crippen molar-refractivity contribution < 1.29 is 14.4 Å². The summed E-state index contributed by atoms with van der Waals surface area (Å²) in [5.74, 6) is -0.658. The number of aromatic nitrogens is 1. The Morgan fingerprint density at radius 1 is 1.22 bits per heavy atom. The summed E-state index contributed by atoms with van der Waals surface area (Å²) >= 11 is 0. The number of anilines is 1. The average molecular weight is 496 g/mol. The highest BCUT2D eigenvalue weighted by molar-refractivity contribution is 6.07. The monoisotopic (exact) mass is 495 g/mol. The molecule has 0 saturated carbocycles. The maximum Gasteiger partial charge on any atom is 0.302 e. The summed E-state index contributed by atoms with van der Waals surface area (Å²) in [5.41, 5.74) is 1.73. The van der Waals surface area contributed by atoms with Crippen molar-refractivity contribution in [2.75, 3.05) is 18.9 Å². The number of para-hydroxylation sites is 1. The normalized spacial score (nSPS) is 21.1. The lowest BCUT2D eigenvalue weighted by Gasteiger charge is -2.32. The Balaban J connectivity index is 1.46. The number of benzene rings is 2. The van der Waals surface area contributed by atoms with Gasteiger partial charge < -0.3 is 10.2 Å². The second-order valence-corrected chi connectivity index (χ2v) is 10.3. The van der Waals surface area contributed by atoms with Gasteiger partial charge in [-0.1, -0.05) is 44.2 Å². The molecule has 2 aromatic carbocycles. The van der Waals surface area contributed by atoms with Crippen molar-refractivity contribution >= 4 is 34.3 Å². The summed E-state index contributed by atoms with van der Waals surface area (Å²) in [5, 5.41) is 3.85. The summed E-state index contributed by atoms with van der Waals surface area (Å²) in [7, 11) is 1.63. The number of likely N-dealkylation sites (tertiary alicyclic amines) is 1. The first-order valence-electron chi connectivity index (χ1n) is 12.4. The molecule has 0 bridgehead atoms. The summed E-state index contributed by atoms with van der Waals surface area (Å²) in [6.45, 7) is 11.9. The molecule has 2 aliphatic heterocycles. The number of nitrogens with zero attached hydrogens (tertiary/aromatic N) is 4. The van der Waals surface area contributed by atoms with E-state index < -0.39 is 17.6 Å². The van der Waals surface area contributed by atoms with Crippen LogP contribution in [0.2, 0.25) is 0 Å². The molecular formula is C29H29N5O3. The molecule has 1 N–H and O–H groups in total. The maximum absolute atomic E-state index is 14.0. The highest BCUT2D eigenvalue weighted by atomic mass is 16.2. The van der Waals surface area contributed by atoms with Crippen molar-refractivity contribution in [3.63, 3.8) is 0 Å². The van der Waals surface area contributed by atoms with Crippen molar-refractivity contribution in [3.8, 4) is 0 Å². The minimum atomic E-state index is -0.962. The molecule has 37 heavy (non-hydrogen) atoms. The van der Waals surface area contributed by atoms with Gasteiger partial charge in [0.2, 0.25) is 5.91 Å². The minimum Gasteiger partial charge on any atom is -0.330 e. The summed E-state index contributed by atoms with van der Waals surface area (Å²) in [6.07, 6.45) is 1.56. The molecule has 3 aromatic rings. The van der Waals surface area contributed by atoms with Crippen LogP contribution in [0.3, 0.4) is 0 Å². The Morgan fingerprint density at radius 3 is 2.76 bits per heavy atom. The molecule has 0 unspecified atom stereocenters. The zero-order chi connectivity index (χ0) is 26.3. The molecule has 3 heterocycles. The minimum absolute atomic E-state index is 0.109. The van der Waals surface area contributed by atoms with E-state index in [0.29, 0.717) is 17.5 Å². The van der Waals surface area contributed by atoms with Gasteiger partial charge >= 0.3 is 6.17 Å². The molecule has 2 aliphatic rings. The van der Waals surface area contributed by atoms with Gasteiger partial charge in [0.1, 0.15) is 11.5 Å². The molecular weight excluding hydrogens is 466 g/mol. The molecule has 8 nitrogen and oxygen atoms in total. The second kappa shape index (κ2) is 9.32. The zero-order valence-electron chi connectivity index (χ0n) is 21.1. The Kier molecular flexibility index (Phi) is 6.16. The van der Waals surface area contributed by atoms with Crippen molar-refractivity contribution in [2.45, 2.75) is 44.3 Å². The van der Waals surface area contributed by atoms with Crippen LogP contribution < -0.4 is 5.32 Å². The van der Waals surface area contributed by atoms with Gasteiger partial charge in [-0.3, -0.25) is 29.1 Å². The summed E-state index contributed by atoms with van der Waals surface area (Å²) in [6, 6.07) is 15.8. The Labute approximate surface area is 216 Å². The van der Waals surface area contributed by atoms with Crippen molar-refractivity contribution in [3.05, 3.63) is 83.3 Å². The molecule has 1 aromatic heterocycles. The van der Waals surface area contributed by atoms with Crippen LogP contribution in [-0.4, -0.2) is 58.3 Å². The second-order valence-electron chi connectivity index (χ2n) is 10.3. The predicted molar refractivity (Wildman–Crippen MR) is 141 cm³/mol. The Morgan fingerprint density at radius 2 is 2.00 bits per heavy atom. The van der Waals surface area contributed by atoms with Crippen LogP contribution in [0.15, 0.2) is 60.8 Å². The van der Waals surface area contributed by atoms with E-state index in [2.05, 4.69) is 15.1 Å². The first-order valence-corrected chi connectivity index (χ1v) is 12.4. The molecule has 1 fully saturated rings. The van der Waals surface area contributed by atoms with E-state index in [-0.39, 0.29) is 36.6 Å². The largest absolute Gasteiger partial charge is 0.330 e. The van der Waals surface area contributed by atoms with Gasteiger partial charge in [0, 0.05) is 36.4 Å². The number of carbonyl (C=O) groups is 3. The first kappa shape index (κ1) is 24.4. The number of likely N-dealkylation sites (N-methyl/N-ethyl adjacent to an activating group) is 1. The van der Waals surface area contributed by atoms with E-state index >= 15 is 0 Å². The molecule has 1 saturated heterocycles. The number of pyridine rings is 1.